The van der Waals surface area contributed by atoms with E-state index in [2.05, 4.69) is 34.3 Å². The quantitative estimate of drug-likeness (QED) is 0.791. The van der Waals surface area contributed by atoms with Gasteiger partial charge in [0.05, 0.1) is 14.2 Å². The fraction of sp³-hybridized carbons (Fsp3) is 0.476. The molecule has 2 heterocycles. The van der Waals surface area contributed by atoms with Gasteiger partial charge >= 0.3 is 0 Å². The number of hydrogen-bond acceptors (Lipinski definition) is 6. The summed E-state index contributed by atoms with van der Waals surface area (Å²) in [4.78, 5) is 14.3. The Kier molecular flexibility index (Phi) is 6.34. The first-order valence-corrected chi connectivity index (χ1v) is 9.62. The van der Waals surface area contributed by atoms with Crippen LogP contribution < -0.4 is 19.7 Å². The van der Waals surface area contributed by atoms with E-state index in [0.29, 0.717) is 24.7 Å². The fourth-order valence-electron chi connectivity index (χ4n) is 3.26. The van der Waals surface area contributed by atoms with Crippen molar-refractivity contribution in [1.82, 2.24) is 15.5 Å². The molecule has 1 aliphatic rings. The highest BCUT2D eigenvalue weighted by Crippen LogP contribution is 2.34. The fourth-order valence-corrected chi connectivity index (χ4v) is 3.26. The zero-order valence-electron chi connectivity index (χ0n) is 17.0. The van der Waals surface area contributed by atoms with E-state index >= 15 is 0 Å². The Morgan fingerprint density at radius 3 is 2.46 bits per heavy atom. The maximum atomic E-state index is 12.2. The van der Waals surface area contributed by atoms with Gasteiger partial charge in [-0.05, 0) is 54.2 Å². The molecule has 7 nitrogen and oxygen atoms in total. The normalized spacial score (nSPS) is 13.2. The summed E-state index contributed by atoms with van der Waals surface area (Å²) < 4.78 is 10.8. The van der Waals surface area contributed by atoms with Crippen LogP contribution in [0.4, 0.5) is 5.82 Å². The topological polar surface area (TPSA) is 76.6 Å². The number of rotatable bonds is 7. The monoisotopic (exact) mass is 384 g/mol. The summed E-state index contributed by atoms with van der Waals surface area (Å²) in [5, 5.41) is 11.3. The first-order chi connectivity index (χ1) is 13.5. The maximum Gasteiger partial charge on any atom is 0.271 e. The Labute approximate surface area is 166 Å². The van der Waals surface area contributed by atoms with E-state index in [4.69, 9.17) is 9.47 Å². The Bertz CT molecular complexity index is 821. The summed E-state index contributed by atoms with van der Waals surface area (Å²) in [5.74, 6) is 2.61. The molecule has 1 N–H and O–H groups in total. The number of hydrogen-bond donors (Lipinski definition) is 1. The highest BCUT2D eigenvalue weighted by Gasteiger charge is 2.21. The minimum atomic E-state index is -0.180. The number of methoxy groups -OCH3 is 2. The van der Waals surface area contributed by atoms with Gasteiger partial charge in [0, 0.05) is 19.6 Å². The minimum absolute atomic E-state index is 0.180. The Balaban J connectivity index is 1.68. The molecule has 0 aliphatic carbocycles. The van der Waals surface area contributed by atoms with Gasteiger partial charge in [-0.1, -0.05) is 13.8 Å². The lowest BCUT2D eigenvalue weighted by Crippen LogP contribution is -2.32. The van der Waals surface area contributed by atoms with Crippen LogP contribution in [0, 0.1) is 5.92 Å². The molecule has 0 atom stereocenters. The molecule has 0 spiro atoms. The number of carbonyl (C=O) groups excluding carboxylic acids is 1. The van der Waals surface area contributed by atoms with Gasteiger partial charge in [0.2, 0.25) is 0 Å². The molecular weight excluding hydrogens is 356 g/mol. The lowest BCUT2D eigenvalue weighted by Gasteiger charge is -2.30. The summed E-state index contributed by atoms with van der Waals surface area (Å²) in [6.07, 6.45) is 1.83. The van der Waals surface area contributed by atoms with E-state index in [0.717, 1.165) is 36.7 Å². The Hall–Kier alpha value is -2.83. The molecule has 1 aromatic carbocycles. The van der Waals surface area contributed by atoms with Gasteiger partial charge in [0.1, 0.15) is 0 Å². The standard InChI is InChI=1S/C21H28N4O3/c1-14(2)7-9-22-21(26)17-5-6-20(24-23-17)25-10-8-15-11-18(27-3)19(28-4)12-16(15)13-25/h5-6,11-12,14H,7-10,13H2,1-4H3,(H,22,26). The predicted molar refractivity (Wildman–Crippen MR) is 108 cm³/mol. The summed E-state index contributed by atoms with van der Waals surface area (Å²) >= 11 is 0. The number of fused-ring (bicyclic) bond motifs is 1. The molecule has 150 valence electrons. The van der Waals surface area contributed by atoms with E-state index < -0.39 is 0 Å². The molecule has 1 amide bonds. The summed E-state index contributed by atoms with van der Waals surface area (Å²) in [5.41, 5.74) is 2.78. The van der Waals surface area contributed by atoms with Crippen molar-refractivity contribution >= 4 is 11.7 Å². The van der Waals surface area contributed by atoms with Gasteiger partial charge in [-0.15, -0.1) is 10.2 Å². The highest BCUT2D eigenvalue weighted by atomic mass is 16.5. The molecule has 0 saturated heterocycles. The molecule has 1 aromatic heterocycles. The number of nitrogens with one attached hydrogen (secondary N) is 1. The molecule has 1 aliphatic heterocycles. The van der Waals surface area contributed by atoms with Crippen LogP contribution in [-0.4, -0.2) is 43.4 Å². The number of aromatic nitrogens is 2. The van der Waals surface area contributed by atoms with Crippen LogP contribution in [-0.2, 0) is 13.0 Å². The zero-order chi connectivity index (χ0) is 20.1. The van der Waals surface area contributed by atoms with Crippen molar-refractivity contribution in [3.63, 3.8) is 0 Å². The van der Waals surface area contributed by atoms with E-state index in [-0.39, 0.29) is 5.91 Å². The largest absolute Gasteiger partial charge is 0.493 e. The second kappa shape index (κ2) is 8.91. The third-order valence-electron chi connectivity index (χ3n) is 4.93. The SMILES string of the molecule is COc1cc2c(cc1OC)CN(c1ccc(C(=O)NCCC(C)C)nn1)CC2. The second-order valence-corrected chi connectivity index (χ2v) is 7.36. The van der Waals surface area contributed by atoms with E-state index in [1.807, 2.05) is 18.2 Å². The Morgan fingerprint density at radius 2 is 1.86 bits per heavy atom. The molecule has 7 heteroatoms. The number of nitrogens with zero attached hydrogens (tertiary/aromatic N) is 3. The van der Waals surface area contributed by atoms with Crippen molar-refractivity contribution in [1.29, 1.82) is 0 Å². The van der Waals surface area contributed by atoms with Crippen LogP contribution in [0.15, 0.2) is 24.3 Å². The van der Waals surface area contributed by atoms with Crippen LogP contribution in [0.25, 0.3) is 0 Å². The van der Waals surface area contributed by atoms with Crippen molar-refractivity contribution in [3.05, 3.63) is 41.1 Å². The van der Waals surface area contributed by atoms with Crippen LogP contribution in [0.5, 0.6) is 11.5 Å². The van der Waals surface area contributed by atoms with Crippen LogP contribution in [0.2, 0.25) is 0 Å². The van der Waals surface area contributed by atoms with E-state index in [9.17, 15) is 4.79 Å². The van der Waals surface area contributed by atoms with Crippen LogP contribution in [0.1, 0.15) is 41.9 Å². The average Bonchev–Trinajstić information content (AvgIpc) is 2.72. The number of anilines is 1. The summed E-state index contributed by atoms with van der Waals surface area (Å²) in [7, 11) is 3.29. The van der Waals surface area contributed by atoms with E-state index in [1.54, 1.807) is 20.3 Å². The predicted octanol–water partition coefficient (Wildman–Crippen LogP) is 2.83. The van der Waals surface area contributed by atoms with Crippen molar-refractivity contribution in [3.8, 4) is 11.5 Å². The number of benzene rings is 1. The third kappa shape index (κ3) is 4.52. The first kappa shape index (κ1) is 19.9. The van der Waals surface area contributed by atoms with Crippen molar-refractivity contribution in [2.24, 2.45) is 5.92 Å². The van der Waals surface area contributed by atoms with Gasteiger partial charge in [0.15, 0.2) is 23.0 Å². The molecule has 0 saturated carbocycles. The van der Waals surface area contributed by atoms with E-state index in [1.165, 1.54) is 11.1 Å². The molecule has 0 fully saturated rings. The van der Waals surface area contributed by atoms with Crippen molar-refractivity contribution < 1.29 is 14.3 Å². The molecule has 3 rings (SSSR count). The lowest BCUT2D eigenvalue weighted by molar-refractivity contribution is 0.0946. The maximum absolute atomic E-state index is 12.2. The smallest absolute Gasteiger partial charge is 0.271 e. The minimum Gasteiger partial charge on any atom is -0.493 e. The Morgan fingerprint density at radius 1 is 1.14 bits per heavy atom. The molecule has 28 heavy (non-hydrogen) atoms. The van der Waals surface area contributed by atoms with Gasteiger partial charge in [-0.2, -0.15) is 0 Å². The highest BCUT2D eigenvalue weighted by molar-refractivity contribution is 5.92. The van der Waals surface area contributed by atoms with Gasteiger partial charge in [-0.25, -0.2) is 0 Å². The van der Waals surface area contributed by atoms with Crippen LogP contribution in [0.3, 0.4) is 0 Å². The molecule has 2 aromatic rings. The first-order valence-electron chi connectivity index (χ1n) is 9.62. The van der Waals surface area contributed by atoms with Gasteiger partial charge < -0.3 is 19.7 Å². The van der Waals surface area contributed by atoms with Crippen molar-refractivity contribution in [2.45, 2.75) is 33.2 Å². The number of carbonyl (C=O) groups is 1. The van der Waals surface area contributed by atoms with Gasteiger partial charge in [-0.3, -0.25) is 4.79 Å². The van der Waals surface area contributed by atoms with Gasteiger partial charge in [0.25, 0.3) is 5.91 Å². The molecule has 0 bridgehead atoms. The summed E-state index contributed by atoms with van der Waals surface area (Å²) in [6.45, 7) is 6.45. The van der Waals surface area contributed by atoms with Crippen LogP contribution >= 0.6 is 0 Å². The lowest BCUT2D eigenvalue weighted by atomic mass is 9.99. The number of amides is 1. The zero-order valence-corrected chi connectivity index (χ0v) is 17.0. The molecule has 0 radical (unpaired) electrons. The third-order valence-corrected chi connectivity index (χ3v) is 4.93. The molecular formula is C21H28N4O3. The average molecular weight is 384 g/mol. The van der Waals surface area contributed by atoms with Crippen molar-refractivity contribution in [2.75, 3.05) is 32.2 Å². The second-order valence-electron chi connectivity index (χ2n) is 7.36. The number of ether oxygens (including phenoxy) is 2. The summed E-state index contributed by atoms with van der Waals surface area (Å²) in [6, 6.07) is 7.65. The molecule has 0 unspecified atom stereocenters.